The molecular formula is C11H11ClN2O. The van der Waals surface area contributed by atoms with Crippen LogP contribution in [0.1, 0.15) is 24.2 Å². The van der Waals surface area contributed by atoms with Crippen LogP contribution in [-0.4, -0.2) is 15.6 Å². The Bertz CT molecular complexity index is 531. The van der Waals surface area contributed by atoms with Crippen molar-refractivity contribution in [1.29, 1.82) is 0 Å². The van der Waals surface area contributed by atoms with E-state index in [-0.39, 0.29) is 5.78 Å². The SMILES string of the molecule is CCn1nc(Cl)c2c(C(C)=O)cccc21. The van der Waals surface area contributed by atoms with Crippen LogP contribution in [0.15, 0.2) is 18.2 Å². The number of benzene rings is 1. The van der Waals surface area contributed by atoms with E-state index in [2.05, 4.69) is 5.10 Å². The summed E-state index contributed by atoms with van der Waals surface area (Å²) in [7, 11) is 0. The molecule has 0 aliphatic rings. The van der Waals surface area contributed by atoms with Crippen LogP contribution in [0.5, 0.6) is 0 Å². The lowest BCUT2D eigenvalue weighted by Gasteiger charge is -2.00. The number of ketones is 1. The number of halogens is 1. The Morgan fingerprint density at radius 1 is 1.53 bits per heavy atom. The monoisotopic (exact) mass is 222 g/mol. The van der Waals surface area contributed by atoms with Gasteiger partial charge in [-0.25, -0.2) is 0 Å². The highest BCUT2D eigenvalue weighted by molar-refractivity contribution is 6.35. The van der Waals surface area contributed by atoms with Crippen molar-refractivity contribution in [1.82, 2.24) is 9.78 Å². The van der Waals surface area contributed by atoms with E-state index in [4.69, 9.17) is 11.6 Å². The molecule has 15 heavy (non-hydrogen) atoms. The molecule has 0 spiro atoms. The van der Waals surface area contributed by atoms with E-state index >= 15 is 0 Å². The highest BCUT2D eigenvalue weighted by atomic mass is 35.5. The maximum absolute atomic E-state index is 11.4. The van der Waals surface area contributed by atoms with Crippen LogP contribution in [-0.2, 0) is 6.54 Å². The van der Waals surface area contributed by atoms with Crippen molar-refractivity contribution in [2.45, 2.75) is 20.4 Å². The predicted octanol–water partition coefficient (Wildman–Crippen LogP) is 2.91. The molecule has 0 N–H and O–H groups in total. The largest absolute Gasteiger partial charge is 0.294 e. The van der Waals surface area contributed by atoms with Gasteiger partial charge < -0.3 is 0 Å². The Morgan fingerprint density at radius 3 is 2.87 bits per heavy atom. The number of hydrogen-bond acceptors (Lipinski definition) is 2. The highest BCUT2D eigenvalue weighted by Gasteiger charge is 2.13. The topological polar surface area (TPSA) is 34.9 Å². The number of aryl methyl sites for hydroxylation is 1. The zero-order valence-corrected chi connectivity index (χ0v) is 9.38. The summed E-state index contributed by atoms with van der Waals surface area (Å²) < 4.78 is 1.80. The molecular weight excluding hydrogens is 212 g/mol. The van der Waals surface area contributed by atoms with Crippen LogP contribution < -0.4 is 0 Å². The molecule has 78 valence electrons. The summed E-state index contributed by atoms with van der Waals surface area (Å²) in [6.07, 6.45) is 0. The Labute approximate surface area is 92.6 Å². The van der Waals surface area contributed by atoms with Gasteiger partial charge in [0.25, 0.3) is 0 Å². The summed E-state index contributed by atoms with van der Waals surface area (Å²) in [6.45, 7) is 4.27. The first kappa shape index (κ1) is 10.2. The van der Waals surface area contributed by atoms with Gasteiger partial charge in [0.2, 0.25) is 0 Å². The van der Waals surface area contributed by atoms with Crippen LogP contribution in [0.4, 0.5) is 0 Å². The average Bonchev–Trinajstić information content (AvgIpc) is 2.55. The molecule has 4 heteroatoms. The smallest absolute Gasteiger partial charge is 0.160 e. The maximum Gasteiger partial charge on any atom is 0.160 e. The number of carbonyl (C=O) groups excluding carboxylic acids is 1. The average molecular weight is 223 g/mol. The standard InChI is InChI=1S/C11H11ClN2O/c1-3-14-9-6-4-5-8(7(2)15)10(9)11(12)13-14/h4-6H,3H2,1-2H3. The van der Waals surface area contributed by atoms with E-state index in [1.54, 1.807) is 10.7 Å². The summed E-state index contributed by atoms with van der Waals surface area (Å²) in [5.74, 6) is 0.0122. The van der Waals surface area contributed by atoms with E-state index in [1.807, 2.05) is 19.1 Å². The molecule has 0 bridgehead atoms. The van der Waals surface area contributed by atoms with E-state index in [1.165, 1.54) is 6.92 Å². The number of fused-ring (bicyclic) bond motifs is 1. The second-order valence-corrected chi connectivity index (χ2v) is 3.72. The molecule has 1 aromatic carbocycles. The highest BCUT2D eigenvalue weighted by Crippen LogP contribution is 2.26. The molecule has 0 saturated carbocycles. The Balaban J connectivity index is 2.86. The fraction of sp³-hybridized carbons (Fsp3) is 0.273. The number of hydrogen-bond donors (Lipinski definition) is 0. The molecule has 0 unspecified atom stereocenters. The van der Waals surface area contributed by atoms with Crippen LogP contribution in [0, 0.1) is 0 Å². The van der Waals surface area contributed by atoms with Gasteiger partial charge in [-0.3, -0.25) is 9.48 Å². The normalized spacial score (nSPS) is 10.9. The summed E-state index contributed by atoms with van der Waals surface area (Å²) in [5, 5.41) is 5.34. The molecule has 0 fully saturated rings. The zero-order chi connectivity index (χ0) is 11.0. The van der Waals surface area contributed by atoms with Crippen LogP contribution in [0.25, 0.3) is 10.9 Å². The molecule has 2 aromatic rings. The van der Waals surface area contributed by atoms with Gasteiger partial charge in [0, 0.05) is 17.5 Å². The van der Waals surface area contributed by atoms with Crippen molar-refractivity contribution in [3.05, 3.63) is 28.9 Å². The maximum atomic E-state index is 11.4. The number of rotatable bonds is 2. The minimum Gasteiger partial charge on any atom is -0.294 e. The van der Waals surface area contributed by atoms with E-state index in [9.17, 15) is 4.79 Å². The number of carbonyl (C=O) groups is 1. The van der Waals surface area contributed by atoms with Crippen LogP contribution in [0.3, 0.4) is 0 Å². The zero-order valence-electron chi connectivity index (χ0n) is 8.62. The molecule has 0 radical (unpaired) electrons. The van der Waals surface area contributed by atoms with Gasteiger partial charge in [-0.05, 0) is 19.9 Å². The van der Waals surface area contributed by atoms with Crippen molar-refractivity contribution in [2.75, 3.05) is 0 Å². The second-order valence-electron chi connectivity index (χ2n) is 3.36. The van der Waals surface area contributed by atoms with Gasteiger partial charge in [0.15, 0.2) is 10.9 Å². The van der Waals surface area contributed by atoms with Crippen molar-refractivity contribution < 1.29 is 4.79 Å². The van der Waals surface area contributed by atoms with Gasteiger partial charge in [-0.2, -0.15) is 5.10 Å². The number of Topliss-reactive ketones (excluding diaryl/α,β-unsaturated/α-hetero) is 1. The summed E-state index contributed by atoms with van der Waals surface area (Å²) in [4.78, 5) is 11.4. The molecule has 2 rings (SSSR count). The van der Waals surface area contributed by atoms with Crippen LogP contribution >= 0.6 is 11.6 Å². The van der Waals surface area contributed by atoms with Gasteiger partial charge in [0.1, 0.15) is 0 Å². The molecule has 1 heterocycles. The molecule has 0 aliphatic carbocycles. The lowest BCUT2D eigenvalue weighted by Crippen LogP contribution is -1.96. The van der Waals surface area contributed by atoms with Gasteiger partial charge >= 0.3 is 0 Å². The minimum atomic E-state index is 0.0122. The van der Waals surface area contributed by atoms with Gasteiger partial charge in [0.05, 0.1) is 5.52 Å². The van der Waals surface area contributed by atoms with Crippen molar-refractivity contribution in [3.63, 3.8) is 0 Å². The first-order valence-electron chi connectivity index (χ1n) is 4.81. The first-order chi connectivity index (χ1) is 7.15. The molecule has 0 saturated heterocycles. The fourth-order valence-corrected chi connectivity index (χ4v) is 2.01. The van der Waals surface area contributed by atoms with Crippen molar-refractivity contribution >= 4 is 28.3 Å². The lowest BCUT2D eigenvalue weighted by molar-refractivity contribution is 0.101. The van der Waals surface area contributed by atoms with Gasteiger partial charge in [-0.15, -0.1) is 0 Å². The van der Waals surface area contributed by atoms with Crippen LogP contribution in [0.2, 0.25) is 5.15 Å². The molecule has 0 atom stereocenters. The second kappa shape index (κ2) is 3.66. The molecule has 0 amide bonds. The fourth-order valence-electron chi connectivity index (χ4n) is 1.72. The van der Waals surface area contributed by atoms with E-state index in [0.717, 1.165) is 17.4 Å². The van der Waals surface area contributed by atoms with Crippen molar-refractivity contribution in [3.8, 4) is 0 Å². The quantitative estimate of drug-likeness (QED) is 0.733. The number of nitrogens with zero attached hydrogens (tertiary/aromatic N) is 2. The Hall–Kier alpha value is -1.35. The Kier molecular flexibility index (Phi) is 2.49. The van der Waals surface area contributed by atoms with Gasteiger partial charge in [-0.1, -0.05) is 23.7 Å². The predicted molar refractivity (Wildman–Crippen MR) is 60.4 cm³/mol. The molecule has 0 aliphatic heterocycles. The lowest BCUT2D eigenvalue weighted by atomic mass is 10.1. The minimum absolute atomic E-state index is 0.0122. The third kappa shape index (κ3) is 1.53. The molecule has 3 nitrogen and oxygen atoms in total. The Morgan fingerprint density at radius 2 is 2.27 bits per heavy atom. The number of aromatic nitrogens is 2. The summed E-state index contributed by atoms with van der Waals surface area (Å²) in [5.41, 5.74) is 1.55. The van der Waals surface area contributed by atoms with E-state index < -0.39 is 0 Å². The molecule has 1 aromatic heterocycles. The summed E-state index contributed by atoms with van der Waals surface area (Å²) in [6, 6.07) is 5.55. The van der Waals surface area contributed by atoms with E-state index in [0.29, 0.717) is 10.7 Å². The third-order valence-corrected chi connectivity index (χ3v) is 2.68. The third-order valence-electron chi connectivity index (χ3n) is 2.41. The first-order valence-corrected chi connectivity index (χ1v) is 5.19. The summed E-state index contributed by atoms with van der Waals surface area (Å²) >= 11 is 6.02. The van der Waals surface area contributed by atoms with Crippen molar-refractivity contribution in [2.24, 2.45) is 0 Å².